The van der Waals surface area contributed by atoms with Gasteiger partial charge in [-0.2, -0.15) is 4.52 Å². The van der Waals surface area contributed by atoms with Gasteiger partial charge in [0.2, 0.25) is 0 Å². The first-order valence-corrected chi connectivity index (χ1v) is 5.03. The minimum Gasteiger partial charge on any atom is -0.368 e. The third-order valence-corrected chi connectivity index (χ3v) is 2.91. The van der Waals surface area contributed by atoms with Gasteiger partial charge in [0.05, 0.1) is 12.4 Å². The lowest BCUT2D eigenvalue weighted by molar-refractivity contribution is 0.607. The molecule has 1 saturated carbocycles. The van der Waals surface area contributed by atoms with E-state index in [1.54, 1.807) is 16.9 Å². The molecule has 0 bridgehead atoms. The Bertz CT molecular complexity index is 486. The van der Waals surface area contributed by atoms with Gasteiger partial charge in [0.15, 0.2) is 5.65 Å². The number of rotatable bonds is 3. The second-order valence-electron chi connectivity index (χ2n) is 4.41. The zero-order valence-corrected chi connectivity index (χ0v) is 8.51. The van der Waals surface area contributed by atoms with Gasteiger partial charge in [-0.05, 0) is 28.7 Å². The second kappa shape index (κ2) is 2.88. The fourth-order valence-corrected chi connectivity index (χ4v) is 1.49. The molecule has 0 saturated heterocycles. The molecule has 78 valence electrons. The molecule has 0 spiro atoms. The van der Waals surface area contributed by atoms with Gasteiger partial charge < -0.3 is 5.32 Å². The quantitative estimate of drug-likeness (QED) is 0.798. The summed E-state index contributed by atoms with van der Waals surface area (Å²) in [6.07, 6.45) is 5.97. The molecule has 1 fully saturated rings. The molecule has 0 unspecified atom stereocenters. The Balaban J connectivity index is 1.86. The summed E-state index contributed by atoms with van der Waals surface area (Å²) in [6.45, 7) is 3.22. The number of hydrogen-bond donors (Lipinski definition) is 1. The molecule has 1 aliphatic carbocycles. The molecule has 0 radical (unpaired) electrons. The molecular weight excluding hydrogens is 192 g/mol. The van der Waals surface area contributed by atoms with Crippen molar-refractivity contribution in [2.24, 2.45) is 5.41 Å². The van der Waals surface area contributed by atoms with E-state index < -0.39 is 0 Å². The molecule has 6 nitrogen and oxygen atoms in total. The third kappa shape index (κ3) is 1.51. The summed E-state index contributed by atoms with van der Waals surface area (Å²) in [4.78, 5) is 4.08. The van der Waals surface area contributed by atoms with Crippen LogP contribution in [0.15, 0.2) is 12.4 Å². The SMILES string of the molecule is CC1(CNc2cncc3nnnn23)CC1. The zero-order valence-electron chi connectivity index (χ0n) is 8.51. The van der Waals surface area contributed by atoms with Gasteiger partial charge in [0, 0.05) is 6.54 Å². The van der Waals surface area contributed by atoms with Crippen molar-refractivity contribution in [2.75, 3.05) is 11.9 Å². The Labute approximate surface area is 86.7 Å². The Morgan fingerprint density at radius 3 is 3.13 bits per heavy atom. The lowest BCUT2D eigenvalue weighted by Gasteiger charge is -2.10. The van der Waals surface area contributed by atoms with E-state index in [9.17, 15) is 0 Å². The maximum Gasteiger partial charge on any atom is 0.199 e. The van der Waals surface area contributed by atoms with Gasteiger partial charge >= 0.3 is 0 Å². The Morgan fingerprint density at radius 2 is 2.33 bits per heavy atom. The second-order valence-corrected chi connectivity index (χ2v) is 4.41. The first-order valence-electron chi connectivity index (χ1n) is 5.03. The number of fused-ring (bicyclic) bond motifs is 1. The smallest absolute Gasteiger partial charge is 0.199 e. The van der Waals surface area contributed by atoms with Gasteiger partial charge in [-0.1, -0.05) is 6.92 Å². The fourth-order valence-electron chi connectivity index (χ4n) is 1.49. The summed E-state index contributed by atoms with van der Waals surface area (Å²) in [6, 6.07) is 0. The molecule has 1 aliphatic rings. The molecule has 2 aromatic rings. The molecule has 3 rings (SSSR count). The molecule has 0 aromatic carbocycles. The van der Waals surface area contributed by atoms with Gasteiger partial charge in [-0.15, -0.1) is 5.10 Å². The molecule has 1 N–H and O–H groups in total. The Hall–Kier alpha value is -1.72. The lowest BCUT2D eigenvalue weighted by atomic mass is 10.1. The van der Waals surface area contributed by atoms with Gasteiger partial charge in [-0.25, -0.2) is 0 Å². The van der Waals surface area contributed by atoms with Crippen molar-refractivity contribution in [1.29, 1.82) is 0 Å². The first kappa shape index (κ1) is 8.58. The van der Waals surface area contributed by atoms with E-state index in [4.69, 9.17) is 0 Å². The van der Waals surface area contributed by atoms with Crippen molar-refractivity contribution in [2.45, 2.75) is 19.8 Å². The van der Waals surface area contributed by atoms with Crippen LogP contribution >= 0.6 is 0 Å². The van der Waals surface area contributed by atoms with Crippen LogP contribution in [0, 0.1) is 5.41 Å². The summed E-state index contributed by atoms with van der Waals surface area (Å²) in [7, 11) is 0. The molecule has 0 aliphatic heterocycles. The van der Waals surface area contributed by atoms with Gasteiger partial charge in [0.1, 0.15) is 5.82 Å². The number of aromatic nitrogens is 5. The lowest BCUT2D eigenvalue weighted by Crippen LogP contribution is -2.14. The van der Waals surface area contributed by atoms with Crippen molar-refractivity contribution in [3.05, 3.63) is 12.4 Å². The van der Waals surface area contributed by atoms with Crippen molar-refractivity contribution in [3.63, 3.8) is 0 Å². The number of tetrazole rings is 1. The van der Waals surface area contributed by atoms with Crippen molar-refractivity contribution < 1.29 is 0 Å². The minimum absolute atomic E-state index is 0.455. The Morgan fingerprint density at radius 1 is 1.47 bits per heavy atom. The average molecular weight is 204 g/mol. The van der Waals surface area contributed by atoms with Crippen LogP contribution in [0.2, 0.25) is 0 Å². The molecular formula is C9H12N6. The van der Waals surface area contributed by atoms with Crippen molar-refractivity contribution >= 4 is 11.5 Å². The highest BCUT2D eigenvalue weighted by Gasteiger charge is 2.36. The maximum absolute atomic E-state index is 4.08. The first-order chi connectivity index (χ1) is 7.27. The number of anilines is 1. The molecule has 6 heteroatoms. The largest absolute Gasteiger partial charge is 0.368 e. The molecule has 2 heterocycles. The van der Waals surface area contributed by atoms with Crippen LogP contribution in [0.25, 0.3) is 5.65 Å². The van der Waals surface area contributed by atoms with E-state index in [1.165, 1.54) is 12.8 Å². The van der Waals surface area contributed by atoms with Crippen LogP contribution in [0.5, 0.6) is 0 Å². The van der Waals surface area contributed by atoms with E-state index in [1.807, 2.05) is 0 Å². The summed E-state index contributed by atoms with van der Waals surface area (Å²) in [5.41, 5.74) is 1.12. The highest BCUT2D eigenvalue weighted by Crippen LogP contribution is 2.44. The number of nitrogens with zero attached hydrogens (tertiary/aromatic N) is 5. The topological polar surface area (TPSA) is 68.0 Å². The summed E-state index contributed by atoms with van der Waals surface area (Å²) < 4.78 is 1.67. The molecule has 0 amide bonds. The molecule has 15 heavy (non-hydrogen) atoms. The van der Waals surface area contributed by atoms with Gasteiger partial charge in [-0.3, -0.25) is 4.98 Å². The summed E-state index contributed by atoms with van der Waals surface area (Å²) in [5.74, 6) is 0.852. The van der Waals surface area contributed by atoms with E-state index in [2.05, 4.69) is 32.7 Å². The van der Waals surface area contributed by atoms with Crippen LogP contribution in [-0.2, 0) is 0 Å². The van der Waals surface area contributed by atoms with Crippen LogP contribution in [0.4, 0.5) is 5.82 Å². The van der Waals surface area contributed by atoms with Crippen LogP contribution in [-0.4, -0.2) is 31.6 Å². The highest BCUT2D eigenvalue weighted by atomic mass is 15.5. The van der Waals surface area contributed by atoms with Crippen molar-refractivity contribution in [3.8, 4) is 0 Å². The third-order valence-electron chi connectivity index (χ3n) is 2.91. The van der Waals surface area contributed by atoms with E-state index in [0.29, 0.717) is 11.1 Å². The maximum atomic E-state index is 4.08. The zero-order chi connectivity index (χ0) is 10.3. The average Bonchev–Trinajstić information content (AvgIpc) is 2.80. The summed E-state index contributed by atoms with van der Waals surface area (Å²) in [5, 5.41) is 14.7. The van der Waals surface area contributed by atoms with Crippen LogP contribution in [0.3, 0.4) is 0 Å². The predicted octanol–water partition coefficient (Wildman–Crippen LogP) is 0.731. The van der Waals surface area contributed by atoms with E-state index in [0.717, 1.165) is 12.4 Å². The minimum atomic E-state index is 0.455. The monoisotopic (exact) mass is 204 g/mol. The highest BCUT2D eigenvalue weighted by molar-refractivity contribution is 5.43. The standard InChI is InChI=1S/C9H12N6/c1-9(2-3-9)6-11-7-4-10-5-8-12-13-14-15(7)8/h4-5,11H,2-3,6H2,1H3. The number of hydrogen-bond acceptors (Lipinski definition) is 5. The fraction of sp³-hybridized carbons (Fsp3) is 0.556. The van der Waals surface area contributed by atoms with Crippen LogP contribution < -0.4 is 5.32 Å². The Kier molecular flexibility index (Phi) is 1.65. The normalized spacial score (nSPS) is 17.9. The summed E-state index contributed by atoms with van der Waals surface area (Å²) >= 11 is 0. The van der Waals surface area contributed by atoms with E-state index >= 15 is 0 Å². The van der Waals surface area contributed by atoms with Gasteiger partial charge in [0.25, 0.3) is 0 Å². The van der Waals surface area contributed by atoms with Crippen molar-refractivity contribution in [1.82, 2.24) is 25.0 Å². The van der Waals surface area contributed by atoms with Crippen LogP contribution in [0.1, 0.15) is 19.8 Å². The molecule has 2 aromatic heterocycles. The number of nitrogens with one attached hydrogen (secondary N) is 1. The predicted molar refractivity (Wildman–Crippen MR) is 54.4 cm³/mol. The van der Waals surface area contributed by atoms with E-state index in [-0.39, 0.29) is 0 Å². The molecule has 0 atom stereocenters.